The molecule has 2 N–H and O–H groups in total. The van der Waals surface area contributed by atoms with E-state index in [-0.39, 0.29) is 12.3 Å². The van der Waals surface area contributed by atoms with Crippen LogP contribution in [0.5, 0.6) is 0 Å². The van der Waals surface area contributed by atoms with E-state index in [0.717, 1.165) is 12.8 Å². The van der Waals surface area contributed by atoms with Gasteiger partial charge >= 0.3 is 5.97 Å². The number of aliphatic carboxylic acids is 1. The fraction of sp³-hybridized carbons (Fsp3) is 0.600. The van der Waals surface area contributed by atoms with Gasteiger partial charge in [0.15, 0.2) is 0 Å². The van der Waals surface area contributed by atoms with Gasteiger partial charge in [-0.1, -0.05) is 18.9 Å². The van der Waals surface area contributed by atoms with Gasteiger partial charge in [-0.15, -0.1) is 6.58 Å². The molecule has 0 aromatic carbocycles. The average Bonchev–Trinajstić information content (AvgIpc) is 2.54. The standard InChI is InChI=1S/C10H15NO3/c1-2-5-8(12)11-10(9(13)14)6-3-4-7-10/h2H,1,3-7H2,(H,11,12)(H,13,14). The lowest BCUT2D eigenvalue weighted by Crippen LogP contribution is -2.52. The maximum Gasteiger partial charge on any atom is 0.329 e. The molecule has 1 aliphatic carbocycles. The molecule has 1 fully saturated rings. The Morgan fingerprint density at radius 1 is 1.43 bits per heavy atom. The molecule has 78 valence electrons. The fourth-order valence-electron chi connectivity index (χ4n) is 1.82. The quantitative estimate of drug-likeness (QED) is 0.662. The number of carbonyl (C=O) groups is 2. The van der Waals surface area contributed by atoms with Gasteiger partial charge in [-0.25, -0.2) is 4.79 Å². The smallest absolute Gasteiger partial charge is 0.329 e. The molecule has 0 unspecified atom stereocenters. The largest absolute Gasteiger partial charge is 0.480 e. The minimum atomic E-state index is -1.01. The van der Waals surface area contributed by atoms with Crippen molar-refractivity contribution in [3.05, 3.63) is 12.7 Å². The number of amides is 1. The van der Waals surface area contributed by atoms with Crippen LogP contribution in [0, 0.1) is 0 Å². The molecular formula is C10H15NO3. The number of nitrogens with one attached hydrogen (secondary N) is 1. The Hall–Kier alpha value is -1.32. The summed E-state index contributed by atoms with van der Waals surface area (Å²) < 4.78 is 0. The van der Waals surface area contributed by atoms with Crippen LogP contribution < -0.4 is 5.32 Å². The van der Waals surface area contributed by atoms with Crippen LogP contribution in [0.1, 0.15) is 32.1 Å². The number of carbonyl (C=O) groups excluding carboxylic acids is 1. The molecule has 1 rings (SSSR count). The van der Waals surface area contributed by atoms with Gasteiger partial charge in [0.2, 0.25) is 5.91 Å². The molecule has 0 bridgehead atoms. The molecular weight excluding hydrogens is 182 g/mol. The summed E-state index contributed by atoms with van der Waals surface area (Å²) in [5, 5.41) is 11.6. The van der Waals surface area contributed by atoms with E-state index < -0.39 is 11.5 Å². The summed E-state index contributed by atoms with van der Waals surface area (Å²) in [5.74, 6) is -1.18. The summed E-state index contributed by atoms with van der Waals surface area (Å²) in [5.41, 5.74) is -1.01. The topological polar surface area (TPSA) is 66.4 Å². The first-order valence-electron chi connectivity index (χ1n) is 4.76. The van der Waals surface area contributed by atoms with Crippen molar-refractivity contribution in [3.63, 3.8) is 0 Å². The minimum absolute atomic E-state index is 0.176. The molecule has 0 atom stereocenters. The van der Waals surface area contributed by atoms with Crippen LogP contribution in [0.4, 0.5) is 0 Å². The molecule has 0 radical (unpaired) electrons. The first-order valence-corrected chi connectivity index (χ1v) is 4.76. The van der Waals surface area contributed by atoms with Gasteiger partial charge in [0.05, 0.1) is 0 Å². The Labute approximate surface area is 83.0 Å². The highest BCUT2D eigenvalue weighted by molar-refractivity contribution is 5.87. The van der Waals surface area contributed by atoms with Crippen molar-refractivity contribution in [1.29, 1.82) is 0 Å². The zero-order valence-corrected chi connectivity index (χ0v) is 8.08. The monoisotopic (exact) mass is 197 g/mol. The molecule has 0 aromatic heterocycles. The van der Waals surface area contributed by atoms with Gasteiger partial charge < -0.3 is 10.4 Å². The Morgan fingerprint density at radius 2 is 2.00 bits per heavy atom. The van der Waals surface area contributed by atoms with Gasteiger partial charge in [-0.3, -0.25) is 4.79 Å². The third-order valence-corrected chi connectivity index (χ3v) is 2.57. The molecule has 0 saturated heterocycles. The summed E-state index contributed by atoms with van der Waals surface area (Å²) in [6.07, 6.45) is 4.44. The van der Waals surface area contributed by atoms with E-state index in [0.29, 0.717) is 12.8 Å². The van der Waals surface area contributed by atoms with Crippen LogP contribution in [0.25, 0.3) is 0 Å². The number of hydrogen-bond donors (Lipinski definition) is 2. The Bertz CT molecular complexity index is 254. The lowest BCUT2D eigenvalue weighted by Gasteiger charge is -2.24. The summed E-state index contributed by atoms with van der Waals surface area (Å²) in [6, 6.07) is 0. The van der Waals surface area contributed by atoms with E-state index in [4.69, 9.17) is 5.11 Å². The van der Waals surface area contributed by atoms with Crippen molar-refractivity contribution in [2.75, 3.05) is 0 Å². The number of carboxylic acids is 1. The summed E-state index contributed by atoms with van der Waals surface area (Å²) >= 11 is 0. The third-order valence-electron chi connectivity index (χ3n) is 2.57. The predicted molar refractivity (Wildman–Crippen MR) is 51.8 cm³/mol. The average molecular weight is 197 g/mol. The van der Waals surface area contributed by atoms with Gasteiger partial charge in [0.1, 0.15) is 5.54 Å². The van der Waals surface area contributed by atoms with E-state index in [2.05, 4.69) is 11.9 Å². The summed E-state index contributed by atoms with van der Waals surface area (Å²) in [7, 11) is 0. The van der Waals surface area contributed by atoms with Crippen LogP contribution in [-0.4, -0.2) is 22.5 Å². The van der Waals surface area contributed by atoms with E-state index in [1.807, 2.05) is 0 Å². The van der Waals surface area contributed by atoms with Crippen LogP contribution >= 0.6 is 0 Å². The highest BCUT2D eigenvalue weighted by atomic mass is 16.4. The molecule has 0 spiro atoms. The van der Waals surface area contributed by atoms with E-state index in [1.54, 1.807) is 0 Å². The van der Waals surface area contributed by atoms with Crippen LogP contribution in [-0.2, 0) is 9.59 Å². The van der Waals surface area contributed by atoms with Gasteiger partial charge in [-0.05, 0) is 12.8 Å². The number of rotatable bonds is 4. The molecule has 1 amide bonds. The van der Waals surface area contributed by atoms with E-state index >= 15 is 0 Å². The Balaban J connectivity index is 2.64. The maximum atomic E-state index is 11.3. The van der Waals surface area contributed by atoms with Crippen LogP contribution in [0.3, 0.4) is 0 Å². The fourth-order valence-corrected chi connectivity index (χ4v) is 1.82. The van der Waals surface area contributed by atoms with Crippen molar-refractivity contribution in [1.82, 2.24) is 5.32 Å². The lowest BCUT2D eigenvalue weighted by atomic mass is 9.97. The molecule has 1 saturated carbocycles. The molecule has 0 aliphatic heterocycles. The molecule has 0 heterocycles. The number of carboxylic acid groups (broad SMARTS) is 1. The van der Waals surface area contributed by atoms with Gasteiger partial charge in [0, 0.05) is 6.42 Å². The Kier molecular flexibility index (Phi) is 3.28. The van der Waals surface area contributed by atoms with Crippen LogP contribution in [0.15, 0.2) is 12.7 Å². The van der Waals surface area contributed by atoms with E-state index in [1.165, 1.54) is 6.08 Å². The Morgan fingerprint density at radius 3 is 2.43 bits per heavy atom. The second-order valence-electron chi connectivity index (χ2n) is 3.64. The van der Waals surface area contributed by atoms with Gasteiger partial charge in [0.25, 0.3) is 0 Å². The highest BCUT2D eigenvalue weighted by Gasteiger charge is 2.42. The highest BCUT2D eigenvalue weighted by Crippen LogP contribution is 2.29. The molecule has 14 heavy (non-hydrogen) atoms. The summed E-state index contributed by atoms with van der Waals surface area (Å²) in [6.45, 7) is 3.43. The summed E-state index contributed by atoms with van der Waals surface area (Å²) in [4.78, 5) is 22.3. The molecule has 0 aromatic rings. The van der Waals surface area contributed by atoms with Crippen molar-refractivity contribution in [3.8, 4) is 0 Å². The molecule has 1 aliphatic rings. The van der Waals surface area contributed by atoms with Crippen molar-refractivity contribution >= 4 is 11.9 Å². The number of hydrogen-bond acceptors (Lipinski definition) is 2. The third kappa shape index (κ3) is 2.13. The first kappa shape index (κ1) is 10.8. The van der Waals surface area contributed by atoms with Crippen molar-refractivity contribution in [2.45, 2.75) is 37.6 Å². The second-order valence-corrected chi connectivity index (χ2v) is 3.64. The SMILES string of the molecule is C=CCC(=O)NC1(C(=O)O)CCCC1. The minimum Gasteiger partial charge on any atom is -0.480 e. The van der Waals surface area contributed by atoms with Crippen molar-refractivity contribution < 1.29 is 14.7 Å². The zero-order chi connectivity index (χ0) is 10.6. The predicted octanol–water partition coefficient (Wildman–Crippen LogP) is 1.08. The first-order chi connectivity index (χ1) is 6.60. The van der Waals surface area contributed by atoms with Crippen molar-refractivity contribution in [2.24, 2.45) is 0 Å². The van der Waals surface area contributed by atoms with Crippen LogP contribution in [0.2, 0.25) is 0 Å². The second kappa shape index (κ2) is 4.26. The van der Waals surface area contributed by atoms with Gasteiger partial charge in [-0.2, -0.15) is 0 Å². The zero-order valence-electron chi connectivity index (χ0n) is 8.08. The molecule has 4 heteroatoms. The normalized spacial score (nSPS) is 18.9. The molecule has 4 nitrogen and oxygen atoms in total. The van der Waals surface area contributed by atoms with E-state index in [9.17, 15) is 9.59 Å². The maximum absolute atomic E-state index is 11.3. The lowest BCUT2D eigenvalue weighted by molar-refractivity contribution is -0.147.